The molecule has 0 saturated heterocycles. The van der Waals surface area contributed by atoms with Gasteiger partial charge in [-0.15, -0.1) is 0 Å². The Kier molecular flexibility index (Phi) is 6.45. The van der Waals surface area contributed by atoms with Crippen LogP contribution in [0.2, 0.25) is 0 Å². The van der Waals surface area contributed by atoms with Gasteiger partial charge >= 0.3 is 0 Å². The lowest BCUT2D eigenvalue weighted by Gasteiger charge is -2.15. The minimum atomic E-state index is -3.91. The zero-order chi connectivity index (χ0) is 20.2. The first-order valence-corrected chi connectivity index (χ1v) is 9.71. The third-order valence-electron chi connectivity index (χ3n) is 3.81. The third-order valence-corrected chi connectivity index (χ3v) is 5.40. The van der Waals surface area contributed by atoms with Gasteiger partial charge < -0.3 is 4.90 Å². The van der Waals surface area contributed by atoms with Crippen molar-refractivity contribution in [3.63, 3.8) is 0 Å². The van der Waals surface area contributed by atoms with Gasteiger partial charge in [-0.25, -0.2) is 17.5 Å². The second-order valence-corrected chi connectivity index (χ2v) is 8.10. The standard InChI is InChI=1S/C19H21FN2O4S/c1-13(11-18(23)14-7-9-16(20)10-8-14)21-27(25,26)17-6-4-5-15(12-17)19(24)22(2)3/h4-10,12-13,21H,11H2,1-3H3/t13-/m1/s1. The number of hydrogen-bond acceptors (Lipinski definition) is 4. The van der Waals surface area contributed by atoms with E-state index < -0.39 is 21.9 Å². The Labute approximate surface area is 158 Å². The predicted molar refractivity (Wildman–Crippen MR) is 99.6 cm³/mol. The molecule has 0 radical (unpaired) electrons. The maximum absolute atomic E-state index is 12.9. The summed E-state index contributed by atoms with van der Waals surface area (Å²) in [6, 6.07) is 10.1. The van der Waals surface area contributed by atoms with Crippen LogP contribution >= 0.6 is 0 Å². The van der Waals surface area contributed by atoms with Crippen molar-refractivity contribution in [1.82, 2.24) is 9.62 Å². The molecular formula is C19H21FN2O4S. The third kappa shape index (κ3) is 5.45. The van der Waals surface area contributed by atoms with Gasteiger partial charge in [-0.05, 0) is 49.4 Å². The van der Waals surface area contributed by atoms with Crippen LogP contribution in [-0.2, 0) is 10.0 Å². The SMILES string of the molecule is C[C@H](CC(=O)c1ccc(F)cc1)NS(=O)(=O)c1cccc(C(=O)N(C)C)c1. The first kappa shape index (κ1) is 20.7. The van der Waals surface area contributed by atoms with Crippen LogP contribution in [0.3, 0.4) is 0 Å². The molecule has 0 unspecified atom stereocenters. The number of nitrogens with zero attached hydrogens (tertiary/aromatic N) is 1. The Morgan fingerprint density at radius 1 is 1.07 bits per heavy atom. The van der Waals surface area contributed by atoms with Gasteiger partial charge in [0, 0.05) is 37.7 Å². The summed E-state index contributed by atoms with van der Waals surface area (Å²) in [6.45, 7) is 1.56. The number of carbonyl (C=O) groups is 2. The van der Waals surface area contributed by atoms with E-state index in [1.54, 1.807) is 21.0 Å². The summed E-state index contributed by atoms with van der Waals surface area (Å²) < 4.78 is 40.5. The van der Waals surface area contributed by atoms with E-state index in [2.05, 4.69) is 4.72 Å². The van der Waals surface area contributed by atoms with E-state index in [4.69, 9.17) is 0 Å². The Hall–Kier alpha value is -2.58. The highest BCUT2D eigenvalue weighted by molar-refractivity contribution is 7.89. The Morgan fingerprint density at radius 3 is 2.30 bits per heavy atom. The highest BCUT2D eigenvalue weighted by atomic mass is 32.2. The average molecular weight is 392 g/mol. The van der Waals surface area contributed by atoms with Crippen molar-refractivity contribution in [3.05, 3.63) is 65.5 Å². The number of nitrogens with one attached hydrogen (secondary N) is 1. The monoisotopic (exact) mass is 392 g/mol. The Bertz CT molecular complexity index is 940. The molecule has 27 heavy (non-hydrogen) atoms. The number of rotatable bonds is 7. The van der Waals surface area contributed by atoms with Crippen molar-refractivity contribution >= 4 is 21.7 Å². The van der Waals surface area contributed by atoms with Crippen LogP contribution in [0, 0.1) is 5.82 Å². The molecule has 1 amide bonds. The van der Waals surface area contributed by atoms with Gasteiger partial charge in [0.25, 0.3) is 5.91 Å². The van der Waals surface area contributed by atoms with Gasteiger partial charge in [-0.2, -0.15) is 0 Å². The molecule has 0 bridgehead atoms. The van der Waals surface area contributed by atoms with E-state index in [9.17, 15) is 22.4 Å². The number of halogens is 1. The Balaban J connectivity index is 2.11. The van der Waals surface area contributed by atoms with Gasteiger partial charge in [0.1, 0.15) is 5.82 Å². The fourth-order valence-corrected chi connectivity index (χ4v) is 3.75. The van der Waals surface area contributed by atoms with Crippen LogP contribution in [0.5, 0.6) is 0 Å². The van der Waals surface area contributed by atoms with Crippen molar-refractivity contribution in [3.8, 4) is 0 Å². The van der Waals surface area contributed by atoms with Gasteiger partial charge in [0.2, 0.25) is 10.0 Å². The summed E-state index contributed by atoms with van der Waals surface area (Å²) >= 11 is 0. The quantitative estimate of drug-likeness (QED) is 0.734. The van der Waals surface area contributed by atoms with Crippen LogP contribution < -0.4 is 4.72 Å². The molecule has 1 atom stereocenters. The molecular weight excluding hydrogens is 371 g/mol. The number of hydrogen-bond donors (Lipinski definition) is 1. The molecule has 0 saturated carbocycles. The zero-order valence-electron chi connectivity index (χ0n) is 15.3. The molecule has 0 spiro atoms. The largest absolute Gasteiger partial charge is 0.345 e. The van der Waals surface area contributed by atoms with Crippen molar-refractivity contribution in [2.24, 2.45) is 0 Å². The van der Waals surface area contributed by atoms with Crippen molar-refractivity contribution in [2.75, 3.05) is 14.1 Å². The molecule has 2 aromatic rings. The number of carbonyl (C=O) groups excluding carboxylic acids is 2. The minimum absolute atomic E-state index is 0.0590. The normalized spacial score (nSPS) is 12.4. The van der Waals surface area contributed by atoms with Crippen LogP contribution in [0.15, 0.2) is 53.4 Å². The number of sulfonamides is 1. The maximum Gasteiger partial charge on any atom is 0.253 e. The highest BCUT2D eigenvalue weighted by Gasteiger charge is 2.21. The molecule has 2 aromatic carbocycles. The first-order chi connectivity index (χ1) is 12.6. The van der Waals surface area contributed by atoms with Gasteiger partial charge in [0.15, 0.2) is 5.78 Å². The summed E-state index contributed by atoms with van der Waals surface area (Å²) in [5, 5.41) is 0. The van der Waals surface area contributed by atoms with E-state index in [0.717, 1.165) is 0 Å². The lowest BCUT2D eigenvalue weighted by molar-refractivity contribution is 0.0827. The first-order valence-electron chi connectivity index (χ1n) is 8.23. The molecule has 0 aliphatic carbocycles. The van der Waals surface area contributed by atoms with Crippen molar-refractivity contribution < 1.29 is 22.4 Å². The summed E-state index contributed by atoms with van der Waals surface area (Å²) in [5.41, 5.74) is 0.555. The summed E-state index contributed by atoms with van der Waals surface area (Å²) in [6.07, 6.45) is -0.0822. The molecule has 2 rings (SSSR count). The second kappa shape index (κ2) is 8.41. The molecule has 0 aliphatic rings. The molecule has 0 heterocycles. The molecule has 1 N–H and O–H groups in total. The van der Waals surface area contributed by atoms with Crippen LogP contribution in [-0.4, -0.2) is 45.1 Å². The van der Waals surface area contributed by atoms with Crippen molar-refractivity contribution in [1.29, 1.82) is 0 Å². The number of ketones is 1. The predicted octanol–water partition coefficient (Wildman–Crippen LogP) is 2.47. The van der Waals surface area contributed by atoms with Crippen LogP contribution in [0.4, 0.5) is 4.39 Å². The van der Waals surface area contributed by atoms with Crippen molar-refractivity contribution in [2.45, 2.75) is 24.3 Å². The van der Waals surface area contributed by atoms with Crippen LogP contribution in [0.25, 0.3) is 0 Å². The highest BCUT2D eigenvalue weighted by Crippen LogP contribution is 2.15. The topological polar surface area (TPSA) is 83.5 Å². The maximum atomic E-state index is 12.9. The molecule has 0 aliphatic heterocycles. The molecule has 6 nitrogen and oxygen atoms in total. The van der Waals surface area contributed by atoms with Gasteiger partial charge in [-0.3, -0.25) is 9.59 Å². The molecule has 0 aromatic heterocycles. The smallest absolute Gasteiger partial charge is 0.253 e. The zero-order valence-corrected chi connectivity index (χ0v) is 16.1. The van der Waals surface area contributed by atoms with E-state index in [0.29, 0.717) is 5.56 Å². The number of benzene rings is 2. The summed E-state index contributed by atoms with van der Waals surface area (Å²) in [7, 11) is -0.760. The molecule has 144 valence electrons. The van der Waals surface area contributed by atoms with Gasteiger partial charge in [-0.1, -0.05) is 6.07 Å². The van der Waals surface area contributed by atoms with E-state index in [1.165, 1.54) is 53.4 Å². The lowest BCUT2D eigenvalue weighted by atomic mass is 10.1. The lowest BCUT2D eigenvalue weighted by Crippen LogP contribution is -2.34. The average Bonchev–Trinajstić information content (AvgIpc) is 2.61. The van der Waals surface area contributed by atoms with E-state index in [-0.39, 0.29) is 28.6 Å². The number of Topliss-reactive ketones (excluding diaryl/α,β-unsaturated/α-hetero) is 1. The summed E-state index contributed by atoms with van der Waals surface area (Å²) in [5.74, 6) is -1.07. The minimum Gasteiger partial charge on any atom is -0.345 e. The van der Waals surface area contributed by atoms with Crippen LogP contribution in [0.1, 0.15) is 34.1 Å². The van der Waals surface area contributed by atoms with E-state index >= 15 is 0 Å². The number of amides is 1. The molecule has 8 heteroatoms. The van der Waals surface area contributed by atoms with Gasteiger partial charge in [0.05, 0.1) is 4.90 Å². The summed E-state index contributed by atoms with van der Waals surface area (Å²) in [4.78, 5) is 25.5. The van der Waals surface area contributed by atoms with E-state index in [1.807, 2.05) is 0 Å². The fourth-order valence-electron chi connectivity index (χ4n) is 2.46. The fraction of sp³-hybridized carbons (Fsp3) is 0.263. The Morgan fingerprint density at radius 2 is 1.70 bits per heavy atom. The second-order valence-electron chi connectivity index (χ2n) is 6.38. The molecule has 0 fully saturated rings.